The van der Waals surface area contributed by atoms with Crippen LogP contribution in [-0.4, -0.2) is 18.8 Å². The third kappa shape index (κ3) is 1.78. The molecule has 0 radical (unpaired) electrons. The van der Waals surface area contributed by atoms with Gasteiger partial charge in [-0.15, -0.1) is 0 Å². The minimum atomic E-state index is 1.11. The maximum Gasteiger partial charge on any atom is 0.0299 e. The molecule has 0 bridgehead atoms. The van der Waals surface area contributed by atoms with E-state index in [1.807, 2.05) is 27.0 Å². The molecule has 0 aromatic rings. The number of hydrogen-bond donors (Lipinski definition) is 0. The summed E-state index contributed by atoms with van der Waals surface area (Å²) in [5.74, 6) is 0. The minimum Gasteiger partial charge on any atom is -0.274 e. The van der Waals surface area contributed by atoms with E-state index < -0.39 is 0 Å². The van der Waals surface area contributed by atoms with Crippen molar-refractivity contribution in [3.05, 3.63) is 11.8 Å². The Labute approximate surface area is 50.5 Å². The van der Waals surface area contributed by atoms with Crippen molar-refractivity contribution < 1.29 is 0 Å². The zero-order chi connectivity index (χ0) is 6.57. The second-order valence-electron chi connectivity index (χ2n) is 1.60. The van der Waals surface area contributed by atoms with Gasteiger partial charge in [0.1, 0.15) is 0 Å². The lowest BCUT2D eigenvalue weighted by atomic mass is 10.4. The summed E-state index contributed by atoms with van der Waals surface area (Å²) in [6, 6.07) is 0. The quantitative estimate of drug-likeness (QED) is 0.390. The van der Waals surface area contributed by atoms with Crippen molar-refractivity contribution in [3.63, 3.8) is 0 Å². The van der Waals surface area contributed by atoms with Crippen LogP contribution in [0.25, 0.3) is 0 Å². The standard InChI is InChI=1S/C6H12N2/c1-5-6(2)8(4)7-3/h5H,3H2,1-2,4H3/b6-5-. The number of rotatable bonds is 2. The lowest BCUT2D eigenvalue weighted by Gasteiger charge is -2.10. The summed E-state index contributed by atoms with van der Waals surface area (Å²) in [6.45, 7) is 7.31. The Bertz CT molecular complexity index is 105. The molecule has 2 nitrogen and oxygen atoms in total. The topological polar surface area (TPSA) is 15.6 Å². The lowest BCUT2D eigenvalue weighted by molar-refractivity contribution is 0.451. The van der Waals surface area contributed by atoms with Crippen molar-refractivity contribution in [2.75, 3.05) is 7.05 Å². The fourth-order valence-corrected chi connectivity index (χ4v) is 0.298. The molecule has 0 saturated carbocycles. The third-order valence-electron chi connectivity index (χ3n) is 1.14. The smallest absolute Gasteiger partial charge is 0.0299 e. The molecule has 0 aromatic carbocycles. The van der Waals surface area contributed by atoms with E-state index in [2.05, 4.69) is 11.8 Å². The van der Waals surface area contributed by atoms with E-state index >= 15 is 0 Å². The second kappa shape index (κ2) is 3.24. The molecular formula is C6H12N2. The van der Waals surface area contributed by atoms with Crippen molar-refractivity contribution in [1.82, 2.24) is 5.01 Å². The van der Waals surface area contributed by atoms with Crippen molar-refractivity contribution >= 4 is 6.72 Å². The first-order valence-corrected chi connectivity index (χ1v) is 2.55. The molecule has 0 aliphatic heterocycles. The Morgan fingerprint density at radius 1 is 1.75 bits per heavy atom. The summed E-state index contributed by atoms with van der Waals surface area (Å²) in [6.07, 6.45) is 1.98. The molecule has 0 heterocycles. The van der Waals surface area contributed by atoms with Crippen LogP contribution in [0.15, 0.2) is 16.9 Å². The predicted octanol–water partition coefficient (Wildman–Crippen LogP) is 1.46. The second-order valence-corrected chi connectivity index (χ2v) is 1.60. The van der Waals surface area contributed by atoms with E-state index in [4.69, 9.17) is 0 Å². The van der Waals surface area contributed by atoms with Gasteiger partial charge in [0.15, 0.2) is 0 Å². The third-order valence-corrected chi connectivity index (χ3v) is 1.14. The molecule has 0 fully saturated rings. The van der Waals surface area contributed by atoms with Crippen LogP contribution >= 0.6 is 0 Å². The van der Waals surface area contributed by atoms with Crippen LogP contribution < -0.4 is 0 Å². The SMILES string of the molecule is C=NN(C)/C(C)=C\C. The molecule has 0 amide bonds. The lowest BCUT2D eigenvalue weighted by Crippen LogP contribution is -2.05. The summed E-state index contributed by atoms with van der Waals surface area (Å²) in [5.41, 5.74) is 1.11. The van der Waals surface area contributed by atoms with E-state index in [1.165, 1.54) is 0 Å². The highest BCUT2D eigenvalue weighted by Gasteiger charge is 1.87. The molecule has 0 spiro atoms. The molecule has 8 heavy (non-hydrogen) atoms. The Morgan fingerprint density at radius 3 is 2.38 bits per heavy atom. The largest absolute Gasteiger partial charge is 0.274 e. The van der Waals surface area contributed by atoms with Crippen LogP contribution in [0.5, 0.6) is 0 Å². The van der Waals surface area contributed by atoms with Gasteiger partial charge in [0, 0.05) is 19.5 Å². The Balaban J connectivity index is 3.81. The van der Waals surface area contributed by atoms with Crippen LogP contribution in [-0.2, 0) is 0 Å². The van der Waals surface area contributed by atoms with Crippen LogP contribution in [0.1, 0.15) is 13.8 Å². The van der Waals surface area contributed by atoms with Gasteiger partial charge in [0.2, 0.25) is 0 Å². The summed E-state index contributed by atoms with van der Waals surface area (Å²) in [5, 5.41) is 5.40. The summed E-state index contributed by atoms with van der Waals surface area (Å²) in [7, 11) is 1.86. The molecule has 0 atom stereocenters. The molecule has 0 rings (SSSR count). The van der Waals surface area contributed by atoms with E-state index in [9.17, 15) is 0 Å². The van der Waals surface area contributed by atoms with Crippen molar-refractivity contribution in [1.29, 1.82) is 0 Å². The van der Waals surface area contributed by atoms with E-state index in [0.717, 1.165) is 5.70 Å². The zero-order valence-corrected chi connectivity index (χ0v) is 5.68. The first-order chi connectivity index (χ1) is 3.72. The van der Waals surface area contributed by atoms with Gasteiger partial charge in [0.05, 0.1) is 0 Å². The molecule has 0 N–H and O–H groups in total. The Hall–Kier alpha value is -0.790. The average Bonchev–Trinajstić information content (AvgIpc) is 1.84. The predicted molar refractivity (Wildman–Crippen MR) is 36.7 cm³/mol. The van der Waals surface area contributed by atoms with Crippen LogP contribution in [0.3, 0.4) is 0 Å². The van der Waals surface area contributed by atoms with Gasteiger partial charge >= 0.3 is 0 Å². The number of nitrogens with zero attached hydrogens (tertiary/aromatic N) is 2. The van der Waals surface area contributed by atoms with Gasteiger partial charge in [-0.25, -0.2) is 0 Å². The highest BCUT2D eigenvalue weighted by molar-refractivity contribution is 5.23. The summed E-state index contributed by atoms with van der Waals surface area (Å²) >= 11 is 0. The Morgan fingerprint density at radius 2 is 2.25 bits per heavy atom. The van der Waals surface area contributed by atoms with E-state index in [-0.39, 0.29) is 0 Å². The van der Waals surface area contributed by atoms with Crippen LogP contribution in [0, 0.1) is 0 Å². The molecule has 0 unspecified atom stereocenters. The highest BCUT2D eigenvalue weighted by Crippen LogP contribution is 1.96. The molecule has 2 heteroatoms. The van der Waals surface area contributed by atoms with Gasteiger partial charge in [-0.3, -0.25) is 5.01 Å². The van der Waals surface area contributed by atoms with Crippen LogP contribution in [0.2, 0.25) is 0 Å². The van der Waals surface area contributed by atoms with Crippen molar-refractivity contribution in [2.24, 2.45) is 5.10 Å². The average molecular weight is 112 g/mol. The fourth-order valence-electron chi connectivity index (χ4n) is 0.298. The van der Waals surface area contributed by atoms with Gasteiger partial charge in [-0.1, -0.05) is 6.08 Å². The monoisotopic (exact) mass is 112 g/mol. The molecular weight excluding hydrogens is 100 g/mol. The molecule has 0 aliphatic rings. The molecule has 0 aliphatic carbocycles. The maximum absolute atomic E-state index is 3.67. The first kappa shape index (κ1) is 7.21. The summed E-state index contributed by atoms with van der Waals surface area (Å²) < 4.78 is 0. The van der Waals surface area contributed by atoms with Gasteiger partial charge < -0.3 is 0 Å². The Kier molecular flexibility index (Phi) is 2.92. The van der Waals surface area contributed by atoms with Gasteiger partial charge in [-0.05, 0) is 13.8 Å². The fraction of sp³-hybridized carbons (Fsp3) is 0.500. The molecule has 0 aromatic heterocycles. The summed E-state index contributed by atoms with van der Waals surface area (Å²) in [4.78, 5) is 0. The minimum absolute atomic E-state index is 1.11. The maximum atomic E-state index is 3.67. The van der Waals surface area contributed by atoms with Crippen LogP contribution in [0.4, 0.5) is 0 Å². The van der Waals surface area contributed by atoms with E-state index in [1.54, 1.807) is 5.01 Å². The molecule has 0 saturated heterocycles. The molecule has 46 valence electrons. The van der Waals surface area contributed by atoms with Gasteiger partial charge in [0.25, 0.3) is 0 Å². The zero-order valence-electron chi connectivity index (χ0n) is 5.68. The number of allylic oxidation sites excluding steroid dienone is 2. The van der Waals surface area contributed by atoms with E-state index in [0.29, 0.717) is 0 Å². The van der Waals surface area contributed by atoms with Crippen molar-refractivity contribution in [2.45, 2.75) is 13.8 Å². The van der Waals surface area contributed by atoms with Crippen molar-refractivity contribution in [3.8, 4) is 0 Å². The first-order valence-electron chi connectivity index (χ1n) is 2.55. The normalized spacial score (nSPS) is 11.1. The van der Waals surface area contributed by atoms with Gasteiger partial charge in [-0.2, -0.15) is 5.10 Å². The number of hydrogen-bond acceptors (Lipinski definition) is 2. The highest BCUT2D eigenvalue weighted by atomic mass is 15.4. The number of hydrazone groups is 1.